The van der Waals surface area contributed by atoms with E-state index in [1.807, 2.05) is 32.3 Å². The molecule has 0 aliphatic heterocycles. The Hall–Kier alpha value is -2.30. The topological polar surface area (TPSA) is 37.3 Å². The van der Waals surface area contributed by atoms with Gasteiger partial charge in [0.1, 0.15) is 0 Å². The molecule has 0 unspecified atom stereocenters. The van der Waals surface area contributed by atoms with Crippen LogP contribution in [0, 0.1) is 13.8 Å². The van der Waals surface area contributed by atoms with Crippen LogP contribution in [0.25, 0.3) is 10.9 Å². The molecule has 0 bridgehead atoms. The van der Waals surface area contributed by atoms with Crippen LogP contribution in [-0.4, -0.2) is 42.6 Å². The second kappa shape index (κ2) is 9.07. The predicted octanol–water partition coefficient (Wildman–Crippen LogP) is 4.02. The van der Waals surface area contributed by atoms with Crippen LogP contribution >= 0.6 is 12.4 Å². The third-order valence-electron chi connectivity index (χ3n) is 4.93. The Balaban J connectivity index is 0.00000261. The molecule has 4 nitrogen and oxygen atoms in total. The van der Waals surface area contributed by atoms with Crippen molar-refractivity contribution in [3.05, 3.63) is 70.9 Å². The third-order valence-corrected chi connectivity index (χ3v) is 4.93. The highest BCUT2D eigenvalue weighted by atomic mass is 35.5. The van der Waals surface area contributed by atoms with Gasteiger partial charge in [-0.1, -0.05) is 30.3 Å². The molecule has 0 radical (unpaired) electrons. The van der Waals surface area contributed by atoms with Crippen LogP contribution < -0.4 is 5.32 Å². The van der Waals surface area contributed by atoms with Crippen molar-refractivity contribution >= 4 is 29.2 Å². The molecule has 0 atom stereocenters. The number of halogens is 1. The number of benzene rings is 2. The molecule has 3 rings (SSSR count). The van der Waals surface area contributed by atoms with E-state index in [1.165, 1.54) is 22.3 Å². The van der Waals surface area contributed by atoms with E-state index in [9.17, 15) is 4.79 Å². The van der Waals surface area contributed by atoms with E-state index in [4.69, 9.17) is 0 Å². The number of nitrogens with zero attached hydrogens (tertiary/aromatic N) is 2. The molecule has 0 saturated heterocycles. The minimum Gasteiger partial charge on any atom is -0.351 e. The lowest BCUT2D eigenvalue weighted by atomic mass is 10.1. The van der Waals surface area contributed by atoms with Gasteiger partial charge in [-0.15, -0.1) is 12.4 Å². The highest BCUT2D eigenvalue weighted by Crippen LogP contribution is 2.27. The van der Waals surface area contributed by atoms with E-state index in [1.54, 1.807) is 0 Å². The third kappa shape index (κ3) is 4.71. The molecular weight excluding hydrogens is 358 g/mol. The summed E-state index contributed by atoms with van der Waals surface area (Å²) in [5.41, 5.74) is 5.65. The van der Waals surface area contributed by atoms with Crippen molar-refractivity contribution in [2.75, 3.05) is 27.2 Å². The number of likely N-dealkylation sites (N-methyl/N-ethyl adjacent to an activating group) is 1. The Morgan fingerprint density at radius 3 is 2.44 bits per heavy atom. The maximum absolute atomic E-state index is 12.4. The minimum absolute atomic E-state index is 0. The van der Waals surface area contributed by atoms with Crippen molar-refractivity contribution in [1.82, 2.24) is 14.8 Å². The van der Waals surface area contributed by atoms with Crippen LogP contribution in [-0.2, 0) is 6.54 Å². The van der Waals surface area contributed by atoms with Gasteiger partial charge >= 0.3 is 0 Å². The van der Waals surface area contributed by atoms with E-state index in [0.717, 1.165) is 24.0 Å². The minimum atomic E-state index is -0.0124. The number of nitrogens with one attached hydrogen (secondary N) is 1. The molecule has 144 valence electrons. The lowest BCUT2D eigenvalue weighted by Gasteiger charge is -2.11. The molecule has 27 heavy (non-hydrogen) atoms. The van der Waals surface area contributed by atoms with Crippen molar-refractivity contribution in [1.29, 1.82) is 0 Å². The summed E-state index contributed by atoms with van der Waals surface area (Å²) in [6.07, 6.45) is 0. The van der Waals surface area contributed by atoms with Crippen LogP contribution in [0.4, 0.5) is 0 Å². The number of amides is 1. The van der Waals surface area contributed by atoms with Gasteiger partial charge in [-0.05, 0) is 57.3 Å². The molecule has 3 aromatic rings. The maximum atomic E-state index is 12.4. The lowest BCUT2D eigenvalue weighted by Crippen LogP contribution is -2.31. The zero-order chi connectivity index (χ0) is 18.7. The van der Waals surface area contributed by atoms with Gasteiger partial charge in [0.25, 0.3) is 5.91 Å². The van der Waals surface area contributed by atoms with Crippen molar-refractivity contribution in [2.45, 2.75) is 20.4 Å². The van der Waals surface area contributed by atoms with Crippen molar-refractivity contribution < 1.29 is 4.79 Å². The SMILES string of the molecule is Cc1c(C)n(Cc2ccccc2)c2ccc(C(=O)NCCN(C)C)cc12.Cl. The molecule has 1 N–H and O–H groups in total. The van der Waals surface area contributed by atoms with Crippen molar-refractivity contribution in [3.63, 3.8) is 0 Å². The number of fused-ring (bicyclic) bond motifs is 1. The standard InChI is InChI=1S/C22H27N3O.ClH/c1-16-17(2)25(15-18-8-6-5-7-9-18)21-11-10-19(14-20(16)21)22(26)23-12-13-24(3)4;/h5-11,14H,12-13,15H2,1-4H3,(H,23,26);1H. The molecule has 5 heteroatoms. The molecule has 1 aromatic heterocycles. The largest absolute Gasteiger partial charge is 0.351 e. The summed E-state index contributed by atoms with van der Waals surface area (Å²) in [7, 11) is 4.00. The van der Waals surface area contributed by atoms with E-state index in [2.05, 4.69) is 59.0 Å². The summed E-state index contributed by atoms with van der Waals surface area (Å²) < 4.78 is 2.33. The van der Waals surface area contributed by atoms with Gasteiger partial charge in [-0.25, -0.2) is 0 Å². The quantitative estimate of drug-likeness (QED) is 0.695. The summed E-state index contributed by atoms with van der Waals surface area (Å²) in [6, 6.07) is 16.5. The fraction of sp³-hybridized carbons (Fsp3) is 0.318. The predicted molar refractivity (Wildman–Crippen MR) is 115 cm³/mol. The maximum Gasteiger partial charge on any atom is 0.251 e. The number of carbonyl (C=O) groups excluding carboxylic acids is 1. The highest BCUT2D eigenvalue weighted by molar-refractivity contribution is 5.99. The Morgan fingerprint density at radius 2 is 1.78 bits per heavy atom. The first-order valence-corrected chi connectivity index (χ1v) is 9.03. The fourth-order valence-corrected chi connectivity index (χ4v) is 3.26. The second-order valence-corrected chi connectivity index (χ2v) is 7.07. The highest BCUT2D eigenvalue weighted by Gasteiger charge is 2.14. The smallest absolute Gasteiger partial charge is 0.251 e. The Morgan fingerprint density at radius 1 is 1.07 bits per heavy atom. The molecule has 1 heterocycles. The van der Waals surface area contributed by atoms with Gasteiger partial charge in [-0.3, -0.25) is 4.79 Å². The summed E-state index contributed by atoms with van der Waals surface area (Å²) in [5.74, 6) is -0.0124. The number of carbonyl (C=O) groups is 1. The molecule has 0 aliphatic rings. The van der Waals surface area contributed by atoms with Gasteiger partial charge < -0.3 is 14.8 Å². The zero-order valence-corrected chi connectivity index (χ0v) is 17.3. The van der Waals surface area contributed by atoms with Gasteiger partial charge in [0, 0.05) is 41.8 Å². The van der Waals surface area contributed by atoms with Crippen LogP contribution in [0.5, 0.6) is 0 Å². The normalized spacial score (nSPS) is 10.9. The summed E-state index contributed by atoms with van der Waals surface area (Å²) in [6.45, 7) is 6.60. The zero-order valence-electron chi connectivity index (χ0n) is 16.5. The average molecular weight is 386 g/mol. The monoisotopic (exact) mass is 385 g/mol. The lowest BCUT2D eigenvalue weighted by molar-refractivity contribution is 0.0951. The average Bonchev–Trinajstić information content (AvgIpc) is 2.87. The van der Waals surface area contributed by atoms with Crippen molar-refractivity contribution in [3.8, 4) is 0 Å². The molecule has 0 saturated carbocycles. The van der Waals surface area contributed by atoms with Crippen molar-refractivity contribution in [2.24, 2.45) is 0 Å². The summed E-state index contributed by atoms with van der Waals surface area (Å²) in [4.78, 5) is 14.5. The Labute approximate surface area is 167 Å². The first-order chi connectivity index (χ1) is 12.5. The van der Waals surface area contributed by atoms with Gasteiger partial charge in [0.15, 0.2) is 0 Å². The Bertz CT molecular complexity index is 916. The van der Waals surface area contributed by atoms with Crippen LogP contribution in [0.15, 0.2) is 48.5 Å². The number of aryl methyl sites for hydroxylation is 1. The number of aromatic nitrogens is 1. The van der Waals surface area contributed by atoms with Gasteiger partial charge in [0.2, 0.25) is 0 Å². The molecule has 1 amide bonds. The van der Waals surface area contributed by atoms with Crippen LogP contribution in [0.2, 0.25) is 0 Å². The van der Waals surface area contributed by atoms with Crippen LogP contribution in [0.3, 0.4) is 0 Å². The number of hydrogen-bond acceptors (Lipinski definition) is 2. The second-order valence-electron chi connectivity index (χ2n) is 7.07. The molecular formula is C22H28ClN3O. The van der Waals surface area contributed by atoms with E-state index in [-0.39, 0.29) is 18.3 Å². The fourth-order valence-electron chi connectivity index (χ4n) is 3.26. The summed E-state index contributed by atoms with van der Waals surface area (Å²) in [5, 5.41) is 4.14. The molecule has 2 aromatic carbocycles. The van der Waals surface area contributed by atoms with E-state index in [0.29, 0.717) is 6.54 Å². The molecule has 0 spiro atoms. The number of hydrogen-bond donors (Lipinski definition) is 1. The molecule has 0 aliphatic carbocycles. The van der Waals surface area contributed by atoms with E-state index >= 15 is 0 Å². The van der Waals surface area contributed by atoms with Gasteiger partial charge in [0.05, 0.1) is 0 Å². The Kier molecular flexibility index (Phi) is 7.05. The summed E-state index contributed by atoms with van der Waals surface area (Å²) >= 11 is 0. The van der Waals surface area contributed by atoms with Crippen LogP contribution in [0.1, 0.15) is 27.2 Å². The first-order valence-electron chi connectivity index (χ1n) is 9.03. The number of rotatable bonds is 6. The van der Waals surface area contributed by atoms with E-state index < -0.39 is 0 Å². The molecule has 0 fully saturated rings. The van der Waals surface area contributed by atoms with Gasteiger partial charge in [-0.2, -0.15) is 0 Å². The first kappa shape index (κ1) is 21.0.